The minimum Gasteiger partial charge on any atom is -0.492 e. The zero-order chi connectivity index (χ0) is 12.8. The van der Waals surface area contributed by atoms with Gasteiger partial charge in [0.05, 0.1) is 12.2 Å². The lowest BCUT2D eigenvalue weighted by Gasteiger charge is -2.08. The van der Waals surface area contributed by atoms with Gasteiger partial charge in [-0.15, -0.1) is 0 Å². The van der Waals surface area contributed by atoms with E-state index in [-0.39, 0.29) is 0 Å². The van der Waals surface area contributed by atoms with E-state index in [0.717, 1.165) is 5.75 Å². The Morgan fingerprint density at radius 3 is 2.56 bits per heavy atom. The second kappa shape index (κ2) is 5.77. The highest BCUT2D eigenvalue weighted by Gasteiger charge is 1.98. The minimum atomic E-state index is 0.337. The maximum Gasteiger partial charge on any atom is 0.149 e. The van der Waals surface area contributed by atoms with Crippen molar-refractivity contribution in [1.29, 1.82) is 0 Å². The molecular formula is C13H16N4O. The molecule has 0 atom stereocenters. The van der Waals surface area contributed by atoms with Crippen molar-refractivity contribution in [2.75, 3.05) is 29.9 Å². The average molecular weight is 244 g/mol. The molecule has 2 aromatic rings. The predicted octanol–water partition coefficient (Wildman–Crippen LogP) is 1.74. The number of nitrogens with two attached hydrogens (primary N) is 2. The summed E-state index contributed by atoms with van der Waals surface area (Å²) in [5.41, 5.74) is 11.7. The summed E-state index contributed by atoms with van der Waals surface area (Å²) >= 11 is 0. The van der Waals surface area contributed by atoms with E-state index in [1.54, 1.807) is 12.1 Å². The Morgan fingerprint density at radius 1 is 1.06 bits per heavy atom. The monoisotopic (exact) mass is 244 g/mol. The molecule has 0 unspecified atom stereocenters. The molecule has 18 heavy (non-hydrogen) atoms. The van der Waals surface area contributed by atoms with Crippen LogP contribution in [0.2, 0.25) is 0 Å². The number of benzene rings is 1. The summed E-state index contributed by atoms with van der Waals surface area (Å²) in [7, 11) is 0. The Hall–Kier alpha value is -2.43. The zero-order valence-corrected chi connectivity index (χ0v) is 9.97. The van der Waals surface area contributed by atoms with Gasteiger partial charge < -0.3 is 21.5 Å². The van der Waals surface area contributed by atoms with Crippen LogP contribution < -0.4 is 21.5 Å². The van der Waals surface area contributed by atoms with Crippen LogP contribution in [0.1, 0.15) is 0 Å². The lowest BCUT2D eigenvalue weighted by atomic mass is 10.3. The molecule has 2 rings (SSSR count). The summed E-state index contributed by atoms with van der Waals surface area (Å²) in [6, 6.07) is 13.2. The molecular weight excluding hydrogens is 228 g/mol. The number of rotatable bonds is 5. The van der Waals surface area contributed by atoms with Gasteiger partial charge in [0.2, 0.25) is 0 Å². The van der Waals surface area contributed by atoms with Crippen molar-refractivity contribution < 1.29 is 4.74 Å². The molecule has 0 radical (unpaired) electrons. The fraction of sp³-hybridized carbons (Fsp3) is 0.154. The smallest absolute Gasteiger partial charge is 0.149 e. The Balaban J connectivity index is 1.77. The molecule has 94 valence electrons. The third-order valence-electron chi connectivity index (χ3n) is 2.38. The van der Waals surface area contributed by atoms with Gasteiger partial charge in [-0.05, 0) is 24.3 Å². The summed E-state index contributed by atoms with van der Waals surface area (Å²) in [6.45, 7) is 1.20. The number of nitrogens with one attached hydrogen (secondary N) is 1. The van der Waals surface area contributed by atoms with E-state index in [1.807, 2.05) is 30.3 Å². The highest BCUT2D eigenvalue weighted by molar-refractivity contribution is 5.61. The molecule has 0 spiro atoms. The van der Waals surface area contributed by atoms with Crippen LogP contribution in [0.4, 0.5) is 17.3 Å². The predicted molar refractivity (Wildman–Crippen MR) is 73.5 cm³/mol. The topological polar surface area (TPSA) is 86.2 Å². The Kier molecular flexibility index (Phi) is 3.86. The molecule has 1 heterocycles. The largest absolute Gasteiger partial charge is 0.492 e. The van der Waals surface area contributed by atoms with Gasteiger partial charge in [0.15, 0.2) is 0 Å². The van der Waals surface area contributed by atoms with E-state index in [0.29, 0.717) is 30.5 Å². The first-order chi connectivity index (χ1) is 8.75. The van der Waals surface area contributed by atoms with Crippen molar-refractivity contribution in [2.45, 2.75) is 0 Å². The summed E-state index contributed by atoms with van der Waals surface area (Å²) in [4.78, 5) is 4.10. The standard InChI is InChI=1S/C13H16N4O/c14-11-6-7-12(17-13(11)15)16-8-9-18-10-4-2-1-3-5-10/h1-7H,8-9,14H2,(H3,15,16,17). The molecule has 0 saturated carbocycles. The van der Waals surface area contributed by atoms with E-state index in [9.17, 15) is 0 Å². The van der Waals surface area contributed by atoms with E-state index in [4.69, 9.17) is 16.2 Å². The summed E-state index contributed by atoms with van der Waals surface area (Å²) in [6.07, 6.45) is 0. The van der Waals surface area contributed by atoms with Crippen molar-refractivity contribution in [3.63, 3.8) is 0 Å². The van der Waals surface area contributed by atoms with Crippen LogP contribution >= 0.6 is 0 Å². The quantitative estimate of drug-likeness (QED) is 0.697. The number of nitrogens with zero attached hydrogens (tertiary/aromatic N) is 1. The van der Waals surface area contributed by atoms with Crippen molar-refractivity contribution in [3.8, 4) is 5.75 Å². The van der Waals surface area contributed by atoms with Crippen LogP contribution in [-0.4, -0.2) is 18.1 Å². The normalized spacial score (nSPS) is 10.0. The first-order valence-corrected chi connectivity index (χ1v) is 5.69. The van der Waals surface area contributed by atoms with Crippen LogP contribution in [0.15, 0.2) is 42.5 Å². The third kappa shape index (κ3) is 3.28. The number of ether oxygens (including phenoxy) is 1. The molecule has 0 aliphatic carbocycles. The number of hydrogen-bond donors (Lipinski definition) is 3. The molecule has 0 fully saturated rings. The lowest BCUT2D eigenvalue weighted by molar-refractivity contribution is 0.333. The van der Waals surface area contributed by atoms with Crippen LogP contribution in [0.3, 0.4) is 0 Å². The van der Waals surface area contributed by atoms with Gasteiger partial charge >= 0.3 is 0 Å². The molecule has 0 aliphatic rings. The number of nitrogen functional groups attached to an aromatic ring is 2. The van der Waals surface area contributed by atoms with Gasteiger partial charge in [-0.3, -0.25) is 0 Å². The van der Waals surface area contributed by atoms with Crippen LogP contribution in [0.5, 0.6) is 5.75 Å². The number of anilines is 3. The molecule has 0 aliphatic heterocycles. The van der Waals surface area contributed by atoms with E-state index >= 15 is 0 Å². The van der Waals surface area contributed by atoms with Gasteiger partial charge in [-0.1, -0.05) is 18.2 Å². The number of aromatic nitrogens is 1. The Morgan fingerprint density at radius 2 is 1.83 bits per heavy atom. The van der Waals surface area contributed by atoms with Gasteiger partial charge in [-0.2, -0.15) is 0 Å². The first kappa shape index (κ1) is 12.0. The fourth-order valence-electron chi connectivity index (χ4n) is 1.45. The maximum absolute atomic E-state index is 5.61. The number of para-hydroxylation sites is 1. The van der Waals surface area contributed by atoms with Crippen molar-refractivity contribution in [2.24, 2.45) is 0 Å². The number of pyridine rings is 1. The van der Waals surface area contributed by atoms with Crippen LogP contribution in [-0.2, 0) is 0 Å². The van der Waals surface area contributed by atoms with Crippen molar-refractivity contribution in [1.82, 2.24) is 4.98 Å². The van der Waals surface area contributed by atoms with Gasteiger partial charge in [0, 0.05) is 0 Å². The summed E-state index contributed by atoms with van der Waals surface area (Å²) in [5.74, 6) is 1.88. The Labute approximate surface area is 106 Å². The summed E-state index contributed by atoms with van der Waals surface area (Å²) in [5, 5.41) is 3.11. The molecule has 0 amide bonds. The van der Waals surface area contributed by atoms with E-state index < -0.39 is 0 Å². The molecule has 1 aromatic heterocycles. The lowest BCUT2D eigenvalue weighted by Crippen LogP contribution is -2.13. The molecule has 5 nitrogen and oxygen atoms in total. The van der Waals surface area contributed by atoms with Gasteiger partial charge in [0.1, 0.15) is 24.0 Å². The van der Waals surface area contributed by atoms with E-state index in [2.05, 4.69) is 10.3 Å². The molecule has 1 aromatic carbocycles. The zero-order valence-electron chi connectivity index (χ0n) is 9.97. The Bertz CT molecular complexity index is 502. The van der Waals surface area contributed by atoms with Gasteiger partial charge in [-0.25, -0.2) is 4.98 Å². The fourth-order valence-corrected chi connectivity index (χ4v) is 1.45. The number of hydrogen-bond acceptors (Lipinski definition) is 5. The minimum absolute atomic E-state index is 0.337. The first-order valence-electron chi connectivity index (χ1n) is 5.69. The second-order valence-corrected chi connectivity index (χ2v) is 3.76. The molecule has 5 N–H and O–H groups in total. The van der Waals surface area contributed by atoms with Gasteiger partial charge in [0.25, 0.3) is 0 Å². The van der Waals surface area contributed by atoms with Crippen LogP contribution in [0, 0.1) is 0 Å². The molecule has 0 bridgehead atoms. The maximum atomic E-state index is 5.61. The SMILES string of the molecule is Nc1ccc(NCCOc2ccccc2)nc1N. The molecule has 0 saturated heterocycles. The second-order valence-electron chi connectivity index (χ2n) is 3.76. The third-order valence-corrected chi connectivity index (χ3v) is 2.38. The highest BCUT2D eigenvalue weighted by Crippen LogP contribution is 2.14. The van der Waals surface area contributed by atoms with Crippen molar-refractivity contribution >= 4 is 17.3 Å². The average Bonchev–Trinajstić information content (AvgIpc) is 2.40. The molecule has 5 heteroatoms. The van der Waals surface area contributed by atoms with E-state index in [1.165, 1.54) is 0 Å². The van der Waals surface area contributed by atoms with Crippen molar-refractivity contribution in [3.05, 3.63) is 42.5 Å². The summed E-state index contributed by atoms with van der Waals surface area (Å²) < 4.78 is 5.54. The van der Waals surface area contributed by atoms with Crippen LogP contribution in [0.25, 0.3) is 0 Å². The highest BCUT2D eigenvalue weighted by atomic mass is 16.5.